The van der Waals surface area contributed by atoms with Crippen LogP contribution in [-0.2, 0) is 0 Å². The van der Waals surface area contributed by atoms with Crippen molar-refractivity contribution in [3.63, 3.8) is 0 Å². The molecule has 1 nitrogen and oxygen atoms in total. The van der Waals surface area contributed by atoms with Crippen molar-refractivity contribution in [2.24, 2.45) is 5.73 Å². The van der Waals surface area contributed by atoms with E-state index in [9.17, 15) is 0 Å². The molecule has 1 fully saturated rings. The Morgan fingerprint density at radius 1 is 0.500 bits per heavy atom. The summed E-state index contributed by atoms with van der Waals surface area (Å²) < 4.78 is 0. The number of hydrogen-bond acceptors (Lipinski definition) is 1. The Balaban J connectivity index is 0. The third-order valence-electron chi connectivity index (χ3n) is 2.00. The maximum Gasteiger partial charge on any atom is -0.0195 e. The molecule has 0 aromatic heterocycles. The Hall–Kier alpha value is -0.0400. The van der Waals surface area contributed by atoms with Crippen molar-refractivity contribution in [3.8, 4) is 0 Å². The first kappa shape index (κ1) is 14.5. The zero-order valence-electron chi connectivity index (χ0n) is 9.23. The fourth-order valence-electron chi connectivity index (χ4n) is 1.41. The van der Waals surface area contributed by atoms with Gasteiger partial charge in [0, 0.05) is 0 Å². The SMILES string of the molecule is C1CCCCCCC1.CC.CN. The summed E-state index contributed by atoms with van der Waals surface area (Å²) in [4.78, 5) is 0. The number of hydrogen-bond donors (Lipinski definition) is 1. The van der Waals surface area contributed by atoms with Crippen LogP contribution in [0.15, 0.2) is 0 Å². The van der Waals surface area contributed by atoms with Crippen LogP contribution in [0.4, 0.5) is 0 Å². The Kier molecular flexibility index (Phi) is 20.7. The second-order valence-corrected chi connectivity index (χ2v) is 2.83. The van der Waals surface area contributed by atoms with Crippen LogP contribution in [0.5, 0.6) is 0 Å². The molecule has 1 aliphatic rings. The lowest BCUT2D eigenvalue weighted by Gasteiger charge is -2.05. The van der Waals surface area contributed by atoms with Crippen LogP contribution in [0.2, 0.25) is 0 Å². The summed E-state index contributed by atoms with van der Waals surface area (Å²) in [5.74, 6) is 0. The second-order valence-electron chi connectivity index (χ2n) is 2.83. The fraction of sp³-hybridized carbons (Fsp3) is 1.00. The van der Waals surface area contributed by atoms with Gasteiger partial charge in [-0.05, 0) is 7.05 Å². The van der Waals surface area contributed by atoms with Gasteiger partial charge in [0.2, 0.25) is 0 Å². The molecule has 12 heavy (non-hydrogen) atoms. The summed E-state index contributed by atoms with van der Waals surface area (Å²) in [5.41, 5.74) is 4.50. The molecule has 0 spiro atoms. The summed E-state index contributed by atoms with van der Waals surface area (Å²) in [6.45, 7) is 4.00. The number of rotatable bonds is 0. The molecule has 76 valence electrons. The lowest BCUT2D eigenvalue weighted by Crippen LogP contribution is -1.85. The zero-order valence-corrected chi connectivity index (χ0v) is 9.23. The molecule has 1 heteroatoms. The molecule has 1 aliphatic carbocycles. The molecule has 1 saturated carbocycles. The normalized spacial score (nSPS) is 17.0. The average molecular weight is 173 g/mol. The van der Waals surface area contributed by atoms with E-state index >= 15 is 0 Å². The first-order valence-corrected chi connectivity index (χ1v) is 5.58. The Bertz CT molecular complexity index is 29.0. The first-order valence-electron chi connectivity index (χ1n) is 5.58. The van der Waals surface area contributed by atoms with Crippen molar-refractivity contribution in [1.29, 1.82) is 0 Å². The minimum atomic E-state index is 1.50. The number of nitrogens with two attached hydrogens (primary N) is 1. The molecule has 0 amide bonds. The van der Waals surface area contributed by atoms with Crippen LogP contribution >= 0.6 is 0 Å². The monoisotopic (exact) mass is 173 g/mol. The lowest BCUT2D eigenvalue weighted by atomic mass is 10.0. The summed E-state index contributed by atoms with van der Waals surface area (Å²) in [5, 5.41) is 0. The van der Waals surface area contributed by atoms with Gasteiger partial charge in [-0.15, -0.1) is 0 Å². The molecule has 0 bridgehead atoms. The van der Waals surface area contributed by atoms with Gasteiger partial charge in [0.25, 0.3) is 0 Å². The van der Waals surface area contributed by atoms with E-state index in [0.29, 0.717) is 0 Å². The lowest BCUT2D eigenvalue weighted by molar-refractivity contribution is 0.504. The molecule has 2 N–H and O–H groups in total. The van der Waals surface area contributed by atoms with Crippen molar-refractivity contribution < 1.29 is 0 Å². The second kappa shape index (κ2) is 17.2. The van der Waals surface area contributed by atoms with Gasteiger partial charge in [-0.3, -0.25) is 0 Å². The molecular weight excluding hydrogens is 146 g/mol. The molecule has 0 atom stereocenters. The minimum absolute atomic E-state index is 1.50. The maximum atomic E-state index is 4.50. The van der Waals surface area contributed by atoms with Gasteiger partial charge in [0.15, 0.2) is 0 Å². The Labute approximate surface area is 78.7 Å². The van der Waals surface area contributed by atoms with Crippen molar-refractivity contribution >= 4 is 0 Å². The Morgan fingerprint density at radius 2 is 0.583 bits per heavy atom. The highest BCUT2D eigenvalue weighted by atomic mass is 14.4. The molecule has 0 saturated heterocycles. The van der Waals surface area contributed by atoms with Crippen molar-refractivity contribution in [3.05, 3.63) is 0 Å². The van der Waals surface area contributed by atoms with Gasteiger partial charge >= 0.3 is 0 Å². The van der Waals surface area contributed by atoms with Gasteiger partial charge < -0.3 is 5.73 Å². The molecule has 0 unspecified atom stereocenters. The van der Waals surface area contributed by atoms with Gasteiger partial charge in [-0.2, -0.15) is 0 Å². The van der Waals surface area contributed by atoms with Crippen molar-refractivity contribution in [2.45, 2.75) is 65.2 Å². The van der Waals surface area contributed by atoms with Gasteiger partial charge in [-0.1, -0.05) is 65.2 Å². The highest BCUT2D eigenvalue weighted by Crippen LogP contribution is 2.15. The van der Waals surface area contributed by atoms with Crippen LogP contribution in [0.1, 0.15) is 65.2 Å². The van der Waals surface area contributed by atoms with Crippen LogP contribution in [0, 0.1) is 0 Å². The molecule has 0 heterocycles. The molecule has 0 aliphatic heterocycles. The highest BCUT2D eigenvalue weighted by molar-refractivity contribution is 4.51. The van der Waals surface area contributed by atoms with E-state index in [4.69, 9.17) is 0 Å². The molecule has 0 aromatic carbocycles. The summed E-state index contributed by atoms with van der Waals surface area (Å²) in [7, 11) is 1.50. The summed E-state index contributed by atoms with van der Waals surface area (Å²) in [6.07, 6.45) is 12.0. The summed E-state index contributed by atoms with van der Waals surface area (Å²) >= 11 is 0. The van der Waals surface area contributed by atoms with E-state index < -0.39 is 0 Å². The summed E-state index contributed by atoms with van der Waals surface area (Å²) in [6, 6.07) is 0. The topological polar surface area (TPSA) is 26.0 Å². The standard InChI is InChI=1S/C8H16.C2H6.CH5N/c1-2-4-6-8-7-5-3-1;2*1-2/h1-8H2;1-2H3;2H2,1H3. The molecule has 0 radical (unpaired) electrons. The van der Waals surface area contributed by atoms with E-state index in [0.717, 1.165) is 0 Å². The van der Waals surface area contributed by atoms with Crippen LogP contribution in [0.3, 0.4) is 0 Å². The predicted molar refractivity (Wildman–Crippen MR) is 58.4 cm³/mol. The largest absolute Gasteiger partial charge is 0.333 e. The van der Waals surface area contributed by atoms with Crippen LogP contribution in [-0.4, -0.2) is 7.05 Å². The van der Waals surface area contributed by atoms with Crippen molar-refractivity contribution in [2.75, 3.05) is 7.05 Å². The molecule has 1 rings (SSSR count). The van der Waals surface area contributed by atoms with E-state index in [2.05, 4.69) is 5.73 Å². The van der Waals surface area contributed by atoms with E-state index in [1.807, 2.05) is 13.8 Å². The Morgan fingerprint density at radius 3 is 0.667 bits per heavy atom. The maximum absolute atomic E-state index is 4.50. The minimum Gasteiger partial charge on any atom is -0.333 e. The third kappa shape index (κ3) is 12.6. The van der Waals surface area contributed by atoms with E-state index in [1.165, 1.54) is 58.4 Å². The van der Waals surface area contributed by atoms with Crippen LogP contribution in [0.25, 0.3) is 0 Å². The van der Waals surface area contributed by atoms with Gasteiger partial charge in [0.05, 0.1) is 0 Å². The quantitative estimate of drug-likeness (QED) is 0.593. The highest BCUT2D eigenvalue weighted by Gasteiger charge is 1.95. The average Bonchev–Trinajstić information content (AvgIpc) is 2.10. The molecular formula is C11H27N. The van der Waals surface area contributed by atoms with Gasteiger partial charge in [0.1, 0.15) is 0 Å². The predicted octanol–water partition coefficient (Wildman–Crippen LogP) is 3.72. The van der Waals surface area contributed by atoms with Crippen molar-refractivity contribution in [1.82, 2.24) is 0 Å². The van der Waals surface area contributed by atoms with E-state index in [1.54, 1.807) is 0 Å². The molecule has 0 aromatic rings. The van der Waals surface area contributed by atoms with Crippen LogP contribution < -0.4 is 5.73 Å². The zero-order chi connectivity index (χ0) is 9.66. The fourth-order valence-corrected chi connectivity index (χ4v) is 1.41. The smallest absolute Gasteiger partial charge is 0.0195 e. The van der Waals surface area contributed by atoms with Gasteiger partial charge in [-0.25, -0.2) is 0 Å². The first-order chi connectivity index (χ1) is 6.00. The van der Waals surface area contributed by atoms with E-state index in [-0.39, 0.29) is 0 Å². The third-order valence-corrected chi connectivity index (χ3v) is 2.00.